The van der Waals surface area contributed by atoms with E-state index in [1.165, 1.54) is 6.92 Å². The number of benzene rings is 1. The fourth-order valence-corrected chi connectivity index (χ4v) is 4.42. The third-order valence-electron chi connectivity index (χ3n) is 3.67. The molecule has 0 aliphatic carbocycles. The van der Waals surface area contributed by atoms with Gasteiger partial charge in [0.2, 0.25) is 0 Å². The summed E-state index contributed by atoms with van der Waals surface area (Å²) in [5.74, 6) is -2.32. The van der Waals surface area contributed by atoms with Gasteiger partial charge in [-0.2, -0.15) is 0 Å². The third kappa shape index (κ3) is 3.59. The molecule has 0 amide bonds. The molecule has 21 heavy (non-hydrogen) atoms. The number of sulfone groups is 1. The summed E-state index contributed by atoms with van der Waals surface area (Å²) >= 11 is 0. The normalized spacial score (nSPS) is 16.9. The molecule has 0 radical (unpaired) electrons. The van der Waals surface area contributed by atoms with Gasteiger partial charge in [-0.1, -0.05) is 0 Å². The third-order valence-corrected chi connectivity index (χ3v) is 5.68. The minimum atomic E-state index is -3.73. The Labute approximate surface area is 122 Å². The van der Waals surface area contributed by atoms with Gasteiger partial charge in [-0.05, 0) is 37.8 Å². The van der Waals surface area contributed by atoms with E-state index < -0.39 is 21.6 Å². The van der Waals surface area contributed by atoms with E-state index in [-0.39, 0.29) is 27.7 Å². The second-order valence-corrected chi connectivity index (χ2v) is 7.23. The van der Waals surface area contributed by atoms with Crippen LogP contribution in [0.5, 0.6) is 0 Å². The maximum absolute atomic E-state index is 13.8. The Morgan fingerprint density at radius 1 is 1.38 bits per heavy atom. The molecule has 1 aliphatic rings. The summed E-state index contributed by atoms with van der Waals surface area (Å²) in [6.07, 6.45) is 1.28. The molecule has 7 heteroatoms. The molecule has 0 atom stereocenters. The van der Waals surface area contributed by atoms with Crippen LogP contribution in [0.1, 0.15) is 28.8 Å². The van der Waals surface area contributed by atoms with Crippen molar-refractivity contribution in [2.24, 2.45) is 5.92 Å². The first-order valence-electron chi connectivity index (χ1n) is 6.65. The first kappa shape index (κ1) is 15.9. The number of hydrogen-bond acceptors (Lipinski definition) is 4. The van der Waals surface area contributed by atoms with Gasteiger partial charge in [0.05, 0.1) is 16.2 Å². The number of carbonyl (C=O) groups is 1. The molecule has 1 fully saturated rings. The van der Waals surface area contributed by atoms with Gasteiger partial charge in [0.25, 0.3) is 0 Å². The molecule has 1 heterocycles. The Bertz CT molecular complexity index is 648. The highest BCUT2D eigenvalue weighted by atomic mass is 32.2. The Kier molecular flexibility index (Phi) is 4.63. The number of carboxylic acid groups (broad SMARTS) is 1. The smallest absolute Gasteiger partial charge is 0.335 e. The summed E-state index contributed by atoms with van der Waals surface area (Å²) in [5.41, 5.74) is -0.393. The van der Waals surface area contributed by atoms with Crippen molar-refractivity contribution < 1.29 is 27.4 Å². The van der Waals surface area contributed by atoms with Crippen molar-refractivity contribution in [2.45, 2.75) is 24.7 Å². The molecule has 1 aliphatic heterocycles. The predicted molar refractivity (Wildman–Crippen MR) is 73.7 cm³/mol. The van der Waals surface area contributed by atoms with Gasteiger partial charge in [-0.25, -0.2) is 17.6 Å². The van der Waals surface area contributed by atoms with E-state index >= 15 is 0 Å². The monoisotopic (exact) mass is 316 g/mol. The molecule has 116 valence electrons. The predicted octanol–water partition coefficient (Wildman–Crippen LogP) is 2.03. The fourth-order valence-electron chi connectivity index (χ4n) is 2.41. The Morgan fingerprint density at radius 2 is 2.00 bits per heavy atom. The molecular weight excluding hydrogens is 299 g/mol. The molecule has 5 nitrogen and oxygen atoms in total. The number of ether oxygens (including phenoxy) is 1. The number of carboxylic acids is 1. The van der Waals surface area contributed by atoms with Crippen molar-refractivity contribution in [1.29, 1.82) is 0 Å². The van der Waals surface area contributed by atoms with Gasteiger partial charge < -0.3 is 9.84 Å². The van der Waals surface area contributed by atoms with Crippen LogP contribution in [0.3, 0.4) is 0 Å². The van der Waals surface area contributed by atoms with E-state index in [0.29, 0.717) is 26.1 Å². The van der Waals surface area contributed by atoms with E-state index in [9.17, 15) is 17.6 Å². The van der Waals surface area contributed by atoms with Gasteiger partial charge in [-0.3, -0.25) is 0 Å². The SMILES string of the molecule is Cc1c(F)cc(C(=O)O)cc1S(=O)(=O)CC1CCOCC1. The number of rotatable bonds is 4. The lowest BCUT2D eigenvalue weighted by Gasteiger charge is -2.22. The van der Waals surface area contributed by atoms with Crippen LogP contribution >= 0.6 is 0 Å². The van der Waals surface area contributed by atoms with E-state index in [2.05, 4.69) is 0 Å². The molecule has 0 saturated carbocycles. The van der Waals surface area contributed by atoms with Crippen LogP contribution in [0.4, 0.5) is 4.39 Å². The molecule has 0 unspecified atom stereocenters. The zero-order valence-corrected chi connectivity index (χ0v) is 12.5. The summed E-state index contributed by atoms with van der Waals surface area (Å²) in [4.78, 5) is 10.7. The molecular formula is C14H17FO5S. The van der Waals surface area contributed by atoms with Gasteiger partial charge in [0.1, 0.15) is 5.82 Å². The van der Waals surface area contributed by atoms with Crippen LogP contribution in [-0.2, 0) is 14.6 Å². The molecule has 2 rings (SSSR count). The standard InChI is InChI=1S/C14H17FO5S/c1-9-12(15)6-11(14(16)17)7-13(9)21(18,19)8-10-2-4-20-5-3-10/h6-7,10H,2-5,8H2,1H3,(H,16,17). The lowest BCUT2D eigenvalue weighted by Crippen LogP contribution is -2.24. The summed E-state index contributed by atoms with van der Waals surface area (Å²) in [7, 11) is -3.73. The topological polar surface area (TPSA) is 80.7 Å². The van der Waals surface area contributed by atoms with Gasteiger partial charge in [-0.15, -0.1) is 0 Å². The highest BCUT2D eigenvalue weighted by Crippen LogP contribution is 2.26. The van der Waals surface area contributed by atoms with Crippen LogP contribution in [0.15, 0.2) is 17.0 Å². The van der Waals surface area contributed by atoms with Crippen LogP contribution < -0.4 is 0 Å². The molecule has 1 aromatic carbocycles. The Hall–Kier alpha value is -1.47. The minimum Gasteiger partial charge on any atom is -0.478 e. The minimum absolute atomic E-state index is 0.0351. The summed E-state index contributed by atoms with van der Waals surface area (Å²) in [6, 6.07) is 1.88. The molecule has 1 aromatic rings. The van der Waals surface area contributed by atoms with Crippen molar-refractivity contribution in [3.63, 3.8) is 0 Å². The van der Waals surface area contributed by atoms with Crippen LogP contribution in [0, 0.1) is 18.7 Å². The maximum atomic E-state index is 13.8. The maximum Gasteiger partial charge on any atom is 0.335 e. The van der Waals surface area contributed by atoms with E-state index in [4.69, 9.17) is 9.84 Å². The number of aromatic carboxylic acids is 1. The lowest BCUT2D eigenvalue weighted by molar-refractivity contribution is 0.0696. The average molecular weight is 316 g/mol. The molecule has 1 N–H and O–H groups in total. The second kappa shape index (κ2) is 6.11. The van der Waals surface area contributed by atoms with Gasteiger partial charge in [0, 0.05) is 18.8 Å². The summed E-state index contributed by atoms with van der Waals surface area (Å²) in [5, 5.41) is 8.93. The van der Waals surface area contributed by atoms with Crippen molar-refractivity contribution in [3.8, 4) is 0 Å². The van der Waals surface area contributed by atoms with Crippen molar-refractivity contribution >= 4 is 15.8 Å². The van der Waals surface area contributed by atoms with E-state index in [0.717, 1.165) is 12.1 Å². The van der Waals surface area contributed by atoms with Crippen LogP contribution in [-0.4, -0.2) is 38.5 Å². The quantitative estimate of drug-likeness (QED) is 0.919. The molecule has 0 bridgehead atoms. The second-order valence-electron chi connectivity index (χ2n) is 5.22. The largest absolute Gasteiger partial charge is 0.478 e. The zero-order valence-electron chi connectivity index (χ0n) is 11.6. The first-order chi connectivity index (χ1) is 9.81. The Balaban J connectivity index is 2.36. The molecule has 1 saturated heterocycles. The fraction of sp³-hybridized carbons (Fsp3) is 0.500. The number of halogens is 1. The van der Waals surface area contributed by atoms with Crippen LogP contribution in [0.2, 0.25) is 0 Å². The number of hydrogen-bond donors (Lipinski definition) is 1. The van der Waals surface area contributed by atoms with Gasteiger partial charge in [0.15, 0.2) is 9.84 Å². The first-order valence-corrected chi connectivity index (χ1v) is 8.30. The molecule has 0 spiro atoms. The summed E-state index contributed by atoms with van der Waals surface area (Å²) in [6.45, 7) is 2.38. The van der Waals surface area contributed by atoms with Crippen molar-refractivity contribution in [2.75, 3.05) is 19.0 Å². The van der Waals surface area contributed by atoms with Crippen molar-refractivity contribution in [1.82, 2.24) is 0 Å². The molecule has 0 aromatic heterocycles. The van der Waals surface area contributed by atoms with E-state index in [1.54, 1.807) is 0 Å². The van der Waals surface area contributed by atoms with Crippen molar-refractivity contribution in [3.05, 3.63) is 29.1 Å². The highest BCUT2D eigenvalue weighted by molar-refractivity contribution is 7.91. The Morgan fingerprint density at radius 3 is 2.57 bits per heavy atom. The lowest BCUT2D eigenvalue weighted by atomic mass is 10.0. The van der Waals surface area contributed by atoms with E-state index in [1.807, 2.05) is 0 Å². The average Bonchev–Trinajstić information content (AvgIpc) is 2.41. The van der Waals surface area contributed by atoms with Gasteiger partial charge >= 0.3 is 5.97 Å². The van der Waals surface area contributed by atoms with Crippen LogP contribution in [0.25, 0.3) is 0 Å². The summed E-state index contributed by atoms with van der Waals surface area (Å²) < 4.78 is 43.8. The highest BCUT2D eigenvalue weighted by Gasteiger charge is 2.26. The zero-order chi connectivity index (χ0) is 15.6.